The lowest BCUT2D eigenvalue weighted by atomic mass is 10.1. The maximum atomic E-state index is 13.0. The van der Waals surface area contributed by atoms with Gasteiger partial charge in [0.05, 0.1) is 23.9 Å². The number of carbonyl (C=O) groups excluding carboxylic acids is 2. The number of rotatable bonds is 10. The Kier molecular flexibility index (Phi) is 10.8. The Morgan fingerprint density at radius 2 is 1.54 bits per heavy atom. The van der Waals surface area contributed by atoms with E-state index in [1.807, 2.05) is 54.3 Å². The number of hydrogen-bond donors (Lipinski definition) is 2. The first-order chi connectivity index (χ1) is 19.9. The topological polar surface area (TPSA) is 83.1 Å². The number of ether oxygens (including phenoxy) is 2. The van der Waals surface area contributed by atoms with E-state index in [2.05, 4.69) is 22.5 Å². The highest BCUT2D eigenvalue weighted by Crippen LogP contribution is 2.30. The number of nitrogens with zero attached hydrogens (tertiary/aromatic N) is 2. The van der Waals surface area contributed by atoms with Crippen molar-refractivity contribution >= 4 is 52.1 Å². The Labute approximate surface area is 251 Å². The summed E-state index contributed by atoms with van der Waals surface area (Å²) in [6.45, 7) is 7.81. The minimum atomic E-state index is -0.333. The minimum absolute atomic E-state index is 0.00751. The summed E-state index contributed by atoms with van der Waals surface area (Å²) in [6, 6.07) is 19.8. The molecule has 3 aromatic carbocycles. The third-order valence-corrected chi connectivity index (χ3v) is 6.99. The van der Waals surface area contributed by atoms with Crippen molar-refractivity contribution < 1.29 is 19.1 Å². The molecular weight excluding hydrogens is 560 g/mol. The van der Waals surface area contributed by atoms with Crippen molar-refractivity contribution in [2.75, 3.05) is 49.6 Å². The smallest absolute Gasteiger partial charge is 0.257 e. The van der Waals surface area contributed by atoms with Gasteiger partial charge in [-0.3, -0.25) is 14.9 Å². The minimum Gasteiger partial charge on any atom is -0.494 e. The number of benzene rings is 3. The third kappa shape index (κ3) is 8.34. The van der Waals surface area contributed by atoms with Gasteiger partial charge in [0.25, 0.3) is 11.8 Å². The molecule has 0 spiro atoms. The average Bonchev–Trinajstić information content (AvgIpc) is 2.99. The molecule has 4 rings (SSSR count). The van der Waals surface area contributed by atoms with Gasteiger partial charge in [-0.2, -0.15) is 0 Å². The SMILES string of the molecule is CCCOc1ccc(C(=O)N2CCN(c3ccc(NC(=S)NC(=O)c4cccc(OCCC)c4)cc3Cl)CC2)cc1. The fourth-order valence-electron chi connectivity index (χ4n) is 4.37. The second-order valence-corrected chi connectivity index (χ2v) is 10.4. The van der Waals surface area contributed by atoms with Crippen molar-refractivity contribution in [3.05, 3.63) is 82.9 Å². The lowest BCUT2D eigenvalue weighted by Gasteiger charge is -2.36. The van der Waals surface area contributed by atoms with Crippen LogP contribution >= 0.6 is 23.8 Å². The monoisotopic (exact) mass is 594 g/mol. The van der Waals surface area contributed by atoms with E-state index in [0.29, 0.717) is 67.0 Å². The molecule has 41 heavy (non-hydrogen) atoms. The van der Waals surface area contributed by atoms with Crippen LogP contribution in [0.5, 0.6) is 11.5 Å². The Morgan fingerprint density at radius 1 is 0.854 bits per heavy atom. The number of nitrogens with one attached hydrogen (secondary N) is 2. The van der Waals surface area contributed by atoms with Crippen molar-refractivity contribution in [2.24, 2.45) is 0 Å². The summed E-state index contributed by atoms with van der Waals surface area (Å²) in [7, 11) is 0. The van der Waals surface area contributed by atoms with Crippen LogP contribution < -0.4 is 25.0 Å². The molecule has 1 aliphatic heterocycles. The number of hydrogen-bond acceptors (Lipinski definition) is 6. The van der Waals surface area contributed by atoms with Gasteiger partial charge in [0, 0.05) is 43.0 Å². The van der Waals surface area contributed by atoms with Crippen molar-refractivity contribution in [2.45, 2.75) is 26.7 Å². The van der Waals surface area contributed by atoms with E-state index in [1.54, 1.807) is 24.3 Å². The Bertz CT molecular complexity index is 1360. The van der Waals surface area contributed by atoms with E-state index in [4.69, 9.17) is 33.3 Å². The summed E-state index contributed by atoms with van der Waals surface area (Å²) in [5, 5.41) is 6.43. The van der Waals surface area contributed by atoms with E-state index in [9.17, 15) is 9.59 Å². The Hall–Kier alpha value is -3.82. The zero-order chi connectivity index (χ0) is 29.2. The van der Waals surface area contributed by atoms with E-state index in [-0.39, 0.29) is 16.9 Å². The number of thiocarbonyl (C=S) groups is 1. The van der Waals surface area contributed by atoms with E-state index in [0.717, 1.165) is 24.3 Å². The second kappa shape index (κ2) is 14.7. The average molecular weight is 595 g/mol. The van der Waals surface area contributed by atoms with Gasteiger partial charge in [0.1, 0.15) is 11.5 Å². The molecule has 10 heteroatoms. The van der Waals surface area contributed by atoms with Gasteiger partial charge in [0.2, 0.25) is 0 Å². The first kappa shape index (κ1) is 30.1. The molecule has 8 nitrogen and oxygen atoms in total. The molecule has 1 fully saturated rings. The van der Waals surface area contributed by atoms with Crippen LogP contribution in [-0.4, -0.2) is 61.2 Å². The summed E-state index contributed by atoms with van der Waals surface area (Å²) in [6.07, 6.45) is 1.82. The number of halogens is 1. The highest BCUT2D eigenvalue weighted by atomic mass is 35.5. The number of amides is 2. The summed E-state index contributed by atoms with van der Waals surface area (Å²) in [5.74, 6) is 1.08. The lowest BCUT2D eigenvalue weighted by molar-refractivity contribution is 0.0746. The maximum absolute atomic E-state index is 13.0. The van der Waals surface area contributed by atoms with Gasteiger partial charge in [-0.15, -0.1) is 0 Å². The molecule has 0 aliphatic carbocycles. The Balaban J connectivity index is 1.28. The highest BCUT2D eigenvalue weighted by molar-refractivity contribution is 7.80. The van der Waals surface area contributed by atoms with Gasteiger partial charge in [0.15, 0.2) is 5.11 Å². The lowest BCUT2D eigenvalue weighted by Crippen LogP contribution is -2.48. The maximum Gasteiger partial charge on any atom is 0.257 e. The molecule has 0 saturated carbocycles. The van der Waals surface area contributed by atoms with Crippen LogP contribution in [0.2, 0.25) is 5.02 Å². The van der Waals surface area contributed by atoms with Crippen LogP contribution in [-0.2, 0) is 0 Å². The van der Waals surface area contributed by atoms with Crippen LogP contribution in [0.25, 0.3) is 0 Å². The Morgan fingerprint density at radius 3 is 2.20 bits per heavy atom. The van der Waals surface area contributed by atoms with Crippen LogP contribution in [0.4, 0.5) is 11.4 Å². The zero-order valence-electron chi connectivity index (χ0n) is 23.3. The summed E-state index contributed by atoms with van der Waals surface area (Å²) in [5.41, 5.74) is 2.63. The number of carbonyl (C=O) groups is 2. The molecule has 2 N–H and O–H groups in total. The highest BCUT2D eigenvalue weighted by Gasteiger charge is 2.23. The molecular formula is C31H35ClN4O4S. The quantitative estimate of drug-likeness (QED) is 0.278. The predicted octanol–water partition coefficient (Wildman–Crippen LogP) is 6.01. The van der Waals surface area contributed by atoms with Gasteiger partial charge >= 0.3 is 0 Å². The van der Waals surface area contributed by atoms with Gasteiger partial charge in [-0.05, 0) is 85.7 Å². The van der Waals surface area contributed by atoms with Gasteiger partial charge in [-0.1, -0.05) is 31.5 Å². The molecule has 1 heterocycles. The fraction of sp³-hybridized carbons (Fsp3) is 0.323. The third-order valence-electron chi connectivity index (χ3n) is 6.48. The largest absolute Gasteiger partial charge is 0.494 e. The zero-order valence-corrected chi connectivity index (χ0v) is 24.9. The molecule has 0 radical (unpaired) electrons. The first-order valence-electron chi connectivity index (χ1n) is 13.8. The summed E-state index contributed by atoms with van der Waals surface area (Å²) < 4.78 is 11.2. The molecule has 1 saturated heterocycles. The molecule has 0 bridgehead atoms. The van der Waals surface area contributed by atoms with Crippen molar-refractivity contribution in [1.29, 1.82) is 0 Å². The summed E-state index contributed by atoms with van der Waals surface area (Å²) in [4.78, 5) is 29.7. The molecule has 3 aromatic rings. The fourth-order valence-corrected chi connectivity index (χ4v) is 4.88. The standard InChI is InChI=1S/C31H35ClN4O4S/c1-3-18-39-25-11-8-22(9-12-25)30(38)36-16-14-35(15-17-36)28-13-10-24(21-27(28)32)33-31(41)34-29(37)23-6-5-7-26(20-23)40-19-4-2/h5-13,20-21H,3-4,14-19H2,1-2H3,(H2,33,34,37,41). The number of piperazine rings is 1. The van der Waals surface area contributed by atoms with Crippen molar-refractivity contribution in [3.63, 3.8) is 0 Å². The van der Waals surface area contributed by atoms with Crippen LogP contribution in [0.3, 0.4) is 0 Å². The second-order valence-electron chi connectivity index (χ2n) is 9.60. The number of anilines is 2. The predicted molar refractivity (Wildman–Crippen MR) is 168 cm³/mol. The van der Waals surface area contributed by atoms with Gasteiger partial charge < -0.3 is 24.6 Å². The van der Waals surface area contributed by atoms with Crippen molar-refractivity contribution in [3.8, 4) is 11.5 Å². The first-order valence-corrected chi connectivity index (χ1v) is 14.6. The molecule has 1 aliphatic rings. The van der Waals surface area contributed by atoms with Gasteiger partial charge in [-0.25, -0.2) is 0 Å². The van der Waals surface area contributed by atoms with Crippen LogP contribution in [0, 0.1) is 0 Å². The summed E-state index contributed by atoms with van der Waals surface area (Å²) >= 11 is 12.0. The van der Waals surface area contributed by atoms with Crippen molar-refractivity contribution in [1.82, 2.24) is 10.2 Å². The molecule has 216 valence electrons. The normalized spacial score (nSPS) is 13.0. The molecule has 0 unspecified atom stereocenters. The van der Waals surface area contributed by atoms with Crippen LogP contribution in [0.15, 0.2) is 66.7 Å². The van der Waals surface area contributed by atoms with E-state index in [1.165, 1.54) is 0 Å². The molecule has 0 aromatic heterocycles. The van der Waals surface area contributed by atoms with E-state index < -0.39 is 0 Å². The van der Waals surface area contributed by atoms with Crippen LogP contribution in [0.1, 0.15) is 47.4 Å². The van der Waals surface area contributed by atoms with E-state index >= 15 is 0 Å². The molecule has 2 amide bonds. The molecule has 0 atom stereocenters.